The molecular weight excluding hydrogens is 306 g/mol. The standard InChI is InChI=1S/C15H26BrNS/c1-3-5-6-7-8-9-10-14(17-4-2)13-11-15(16)18-12-13/h11-12,14,17H,3-10H2,1-2H3. The van der Waals surface area contributed by atoms with Gasteiger partial charge in [0.1, 0.15) is 0 Å². The van der Waals surface area contributed by atoms with E-state index in [1.165, 1.54) is 54.3 Å². The Morgan fingerprint density at radius 2 is 1.89 bits per heavy atom. The first-order chi connectivity index (χ1) is 8.77. The summed E-state index contributed by atoms with van der Waals surface area (Å²) in [5.74, 6) is 0. The minimum atomic E-state index is 0.545. The lowest BCUT2D eigenvalue weighted by molar-refractivity contribution is 0.478. The highest BCUT2D eigenvalue weighted by molar-refractivity contribution is 9.11. The third kappa shape index (κ3) is 6.35. The molecular formula is C15H26BrNS. The van der Waals surface area contributed by atoms with Crippen molar-refractivity contribution in [3.8, 4) is 0 Å². The number of hydrogen-bond donors (Lipinski definition) is 1. The molecule has 0 fully saturated rings. The number of hydrogen-bond acceptors (Lipinski definition) is 2. The molecule has 0 amide bonds. The maximum atomic E-state index is 3.60. The summed E-state index contributed by atoms with van der Waals surface area (Å²) in [7, 11) is 0. The number of halogens is 1. The van der Waals surface area contributed by atoms with Crippen LogP contribution in [0.25, 0.3) is 0 Å². The number of unbranched alkanes of at least 4 members (excludes halogenated alkanes) is 5. The zero-order chi connectivity index (χ0) is 13.2. The Morgan fingerprint density at radius 3 is 2.50 bits per heavy atom. The fourth-order valence-electron chi connectivity index (χ4n) is 2.27. The Morgan fingerprint density at radius 1 is 1.17 bits per heavy atom. The first-order valence-corrected chi connectivity index (χ1v) is 8.92. The van der Waals surface area contributed by atoms with Gasteiger partial charge in [0, 0.05) is 6.04 Å². The van der Waals surface area contributed by atoms with Crippen LogP contribution < -0.4 is 5.32 Å². The van der Waals surface area contributed by atoms with E-state index in [9.17, 15) is 0 Å². The van der Waals surface area contributed by atoms with Gasteiger partial charge in [-0.3, -0.25) is 0 Å². The molecule has 1 nitrogen and oxygen atoms in total. The molecule has 1 aromatic heterocycles. The van der Waals surface area contributed by atoms with Gasteiger partial charge in [-0.2, -0.15) is 0 Å². The third-order valence-corrected chi connectivity index (χ3v) is 4.81. The molecule has 0 aliphatic rings. The van der Waals surface area contributed by atoms with Crippen LogP contribution in [0.15, 0.2) is 15.2 Å². The molecule has 3 heteroatoms. The van der Waals surface area contributed by atoms with E-state index in [1.54, 1.807) is 11.3 Å². The Hall–Kier alpha value is 0.140. The van der Waals surface area contributed by atoms with Crippen LogP contribution in [-0.2, 0) is 0 Å². The van der Waals surface area contributed by atoms with Crippen LogP contribution in [0.3, 0.4) is 0 Å². The average molecular weight is 332 g/mol. The topological polar surface area (TPSA) is 12.0 Å². The van der Waals surface area contributed by atoms with Crippen LogP contribution in [0, 0.1) is 0 Å². The van der Waals surface area contributed by atoms with Crippen LogP contribution in [-0.4, -0.2) is 6.54 Å². The average Bonchev–Trinajstić information content (AvgIpc) is 2.79. The predicted molar refractivity (Wildman–Crippen MR) is 86.4 cm³/mol. The van der Waals surface area contributed by atoms with Gasteiger partial charge >= 0.3 is 0 Å². The van der Waals surface area contributed by atoms with E-state index >= 15 is 0 Å². The minimum absolute atomic E-state index is 0.545. The van der Waals surface area contributed by atoms with E-state index in [1.807, 2.05) is 0 Å². The van der Waals surface area contributed by atoms with E-state index in [-0.39, 0.29) is 0 Å². The van der Waals surface area contributed by atoms with Crippen molar-refractivity contribution in [2.45, 2.75) is 64.8 Å². The highest BCUT2D eigenvalue weighted by Crippen LogP contribution is 2.28. The van der Waals surface area contributed by atoms with Gasteiger partial charge in [-0.1, -0.05) is 52.4 Å². The van der Waals surface area contributed by atoms with Crippen molar-refractivity contribution in [1.82, 2.24) is 5.32 Å². The third-order valence-electron chi connectivity index (χ3n) is 3.29. The predicted octanol–water partition coefficient (Wildman–Crippen LogP) is 5.91. The second kappa shape index (κ2) is 9.99. The molecule has 1 atom stereocenters. The van der Waals surface area contributed by atoms with Gasteiger partial charge in [0.2, 0.25) is 0 Å². The smallest absolute Gasteiger partial charge is 0.0701 e. The molecule has 0 aliphatic carbocycles. The maximum Gasteiger partial charge on any atom is 0.0701 e. The summed E-state index contributed by atoms with van der Waals surface area (Å²) in [6, 6.07) is 2.80. The monoisotopic (exact) mass is 331 g/mol. The van der Waals surface area contributed by atoms with Gasteiger partial charge < -0.3 is 5.32 Å². The van der Waals surface area contributed by atoms with Gasteiger partial charge in [0.15, 0.2) is 0 Å². The molecule has 0 saturated carbocycles. The second-order valence-electron chi connectivity index (χ2n) is 4.85. The van der Waals surface area contributed by atoms with Crippen LogP contribution in [0.2, 0.25) is 0 Å². The maximum absolute atomic E-state index is 3.60. The van der Waals surface area contributed by atoms with Crippen molar-refractivity contribution < 1.29 is 0 Å². The Labute approximate surface area is 125 Å². The Balaban J connectivity index is 2.26. The molecule has 1 heterocycles. The van der Waals surface area contributed by atoms with Crippen molar-refractivity contribution in [2.75, 3.05) is 6.54 Å². The Bertz CT molecular complexity index is 311. The highest BCUT2D eigenvalue weighted by Gasteiger charge is 2.11. The SMILES string of the molecule is CCCCCCCCC(NCC)c1csc(Br)c1. The van der Waals surface area contributed by atoms with Gasteiger partial charge in [-0.25, -0.2) is 0 Å². The number of thiophene rings is 1. The van der Waals surface area contributed by atoms with Crippen molar-refractivity contribution in [3.63, 3.8) is 0 Å². The van der Waals surface area contributed by atoms with Crippen LogP contribution in [0.1, 0.15) is 70.4 Å². The molecule has 18 heavy (non-hydrogen) atoms. The zero-order valence-electron chi connectivity index (χ0n) is 11.7. The van der Waals surface area contributed by atoms with Crippen LogP contribution in [0.4, 0.5) is 0 Å². The lowest BCUT2D eigenvalue weighted by atomic mass is 10.0. The van der Waals surface area contributed by atoms with Gasteiger partial charge in [0.25, 0.3) is 0 Å². The summed E-state index contributed by atoms with van der Waals surface area (Å²) >= 11 is 5.34. The highest BCUT2D eigenvalue weighted by atomic mass is 79.9. The molecule has 0 spiro atoms. The van der Waals surface area contributed by atoms with Gasteiger partial charge in [-0.05, 0) is 45.9 Å². The van der Waals surface area contributed by atoms with E-state index in [0.717, 1.165) is 6.54 Å². The Kier molecular flexibility index (Phi) is 8.99. The van der Waals surface area contributed by atoms with E-state index in [4.69, 9.17) is 0 Å². The molecule has 104 valence electrons. The molecule has 1 N–H and O–H groups in total. The molecule has 0 bridgehead atoms. The first-order valence-electron chi connectivity index (χ1n) is 7.25. The molecule has 1 unspecified atom stereocenters. The molecule has 0 radical (unpaired) electrons. The zero-order valence-corrected chi connectivity index (χ0v) is 14.1. The summed E-state index contributed by atoms with van der Waals surface area (Å²) in [6.45, 7) is 5.51. The first kappa shape index (κ1) is 16.2. The molecule has 1 rings (SSSR count). The van der Waals surface area contributed by atoms with Crippen molar-refractivity contribution in [3.05, 3.63) is 20.8 Å². The largest absolute Gasteiger partial charge is 0.310 e. The molecule has 0 aliphatic heterocycles. The summed E-state index contributed by atoms with van der Waals surface area (Å²) in [5.41, 5.74) is 1.45. The van der Waals surface area contributed by atoms with Crippen molar-refractivity contribution in [2.24, 2.45) is 0 Å². The lowest BCUT2D eigenvalue weighted by Crippen LogP contribution is -2.20. The summed E-state index contributed by atoms with van der Waals surface area (Å²) in [6.07, 6.45) is 9.54. The van der Waals surface area contributed by atoms with Gasteiger partial charge in [-0.15, -0.1) is 11.3 Å². The number of rotatable bonds is 10. The van der Waals surface area contributed by atoms with Crippen molar-refractivity contribution >= 4 is 27.3 Å². The van der Waals surface area contributed by atoms with E-state index in [0.29, 0.717) is 6.04 Å². The van der Waals surface area contributed by atoms with E-state index < -0.39 is 0 Å². The summed E-state index contributed by atoms with van der Waals surface area (Å²) in [5, 5.41) is 5.87. The van der Waals surface area contributed by atoms with Crippen molar-refractivity contribution in [1.29, 1.82) is 0 Å². The summed E-state index contributed by atoms with van der Waals surface area (Å²) < 4.78 is 1.24. The van der Waals surface area contributed by atoms with E-state index in [2.05, 4.69) is 46.5 Å². The van der Waals surface area contributed by atoms with Gasteiger partial charge in [0.05, 0.1) is 3.79 Å². The fraction of sp³-hybridized carbons (Fsp3) is 0.733. The fourth-order valence-corrected chi connectivity index (χ4v) is 3.50. The normalized spacial score (nSPS) is 12.8. The van der Waals surface area contributed by atoms with Crippen LogP contribution in [0.5, 0.6) is 0 Å². The molecule has 0 aromatic carbocycles. The summed E-state index contributed by atoms with van der Waals surface area (Å²) in [4.78, 5) is 0. The van der Waals surface area contributed by atoms with Crippen LogP contribution >= 0.6 is 27.3 Å². The minimum Gasteiger partial charge on any atom is -0.310 e. The lowest BCUT2D eigenvalue weighted by Gasteiger charge is -2.16. The quantitative estimate of drug-likeness (QED) is 0.525. The second-order valence-corrected chi connectivity index (χ2v) is 7.14. The molecule has 0 saturated heterocycles. The number of nitrogens with one attached hydrogen (secondary N) is 1. The molecule has 1 aromatic rings.